The number of furan rings is 1. The van der Waals surface area contributed by atoms with E-state index in [0.29, 0.717) is 24.4 Å². The van der Waals surface area contributed by atoms with Crippen molar-refractivity contribution in [2.45, 2.75) is 32.2 Å². The van der Waals surface area contributed by atoms with E-state index in [9.17, 15) is 14.7 Å². The minimum atomic E-state index is -0.741. The number of para-hydroxylation sites is 1. The molecular weight excluding hydrogens is 396 g/mol. The first-order chi connectivity index (χ1) is 15.0. The predicted molar refractivity (Wildman–Crippen MR) is 116 cm³/mol. The second-order valence-corrected chi connectivity index (χ2v) is 7.50. The fourth-order valence-electron chi connectivity index (χ4n) is 4.03. The molecule has 0 unspecified atom stereocenters. The van der Waals surface area contributed by atoms with Crippen LogP contribution < -0.4 is 5.56 Å². The van der Waals surface area contributed by atoms with Crippen LogP contribution in [0.25, 0.3) is 10.9 Å². The molecule has 0 aliphatic carbocycles. The average molecular weight is 420 g/mol. The highest BCUT2D eigenvalue weighted by molar-refractivity contribution is 5.83. The van der Waals surface area contributed by atoms with Gasteiger partial charge in [0.1, 0.15) is 11.5 Å². The molecule has 0 radical (unpaired) electrons. The van der Waals surface area contributed by atoms with E-state index in [2.05, 4.69) is 4.98 Å². The Labute approximate surface area is 178 Å². The van der Waals surface area contributed by atoms with Crippen molar-refractivity contribution >= 4 is 16.9 Å². The first-order valence-electron chi connectivity index (χ1n) is 10.1. The van der Waals surface area contributed by atoms with E-state index in [1.54, 1.807) is 29.7 Å². The van der Waals surface area contributed by atoms with Gasteiger partial charge in [-0.15, -0.1) is 0 Å². The highest BCUT2D eigenvalue weighted by atomic mass is 16.5. The molecular formula is C24H24N2O5. The summed E-state index contributed by atoms with van der Waals surface area (Å²) in [5, 5.41) is 11.7. The smallest absolute Gasteiger partial charge is 0.306 e. The molecule has 160 valence electrons. The third-order valence-electron chi connectivity index (χ3n) is 5.64. The second-order valence-electron chi connectivity index (χ2n) is 7.50. The number of benzene rings is 1. The summed E-state index contributed by atoms with van der Waals surface area (Å²) in [6.07, 6.45) is 3.95. The maximum absolute atomic E-state index is 13.4. The number of carbonyl (C=O) groups excluding carboxylic acids is 1. The van der Waals surface area contributed by atoms with Gasteiger partial charge in [-0.25, -0.2) is 0 Å². The number of methoxy groups -OCH3 is 1. The molecule has 1 atom stereocenters. The summed E-state index contributed by atoms with van der Waals surface area (Å²) in [5.41, 5.74) is 2.58. The van der Waals surface area contributed by atoms with Gasteiger partial charge < -0.3 is 23.8 Å². The molecule has 3 heterocycles. The monoisotopic (exact) mass is 420 g/mol. The van der Waals surface area contributed by atoms with Crippen molar-refractivity contribution < 1.29 is 19.1 Å². The zero-order valence-corrected chi connectivity index (χ0v) is 17.4. The van der Waals surface area contributed by atoms with Gasteiger partial charge in [-0.1, -0.05) is 18.2 Å². The number of nitrogens with zero attached hydrogens (tertiary/aromatic N) is 1. The quantitative estimate of drug-likeness (QED) is 0.442. The molecule has 7 nitrogen and oxygen atoms in total. The Morgan fingerprint density at radius 1 is 1.26 bits per heavy atom. The molecule has 0 bridgehead atoms. The van der Waals surface area contributed by atoms with Crippen molar-refractivity contribution in [1.29, 1.82) is 0 Å². The number of hydrogen-bond donors (Lipinski definition) is 2. The van der Waals surface area contributed by atoms with Crippen molar-refractivity contribution in [2.24, 2.45) is 0 Å². The van der Waals surface area contributed by atoms with E-state index in [0.717, 1.165) is 16.5 Å². The van der Waals surface area contributed by atoms with Gasteiger partial charge in [-0.05, 0) is 43.2 Å². The van der Waals surface area contributed by atoms with E-state index < -0.39 is 11.9 Å². The van der Waals surface area contributed by atoms with Crippen LogP contribution in [-0.2, 0) is 22.5 Å². The number of fused-ring (bicyclic) bond motifs is 1. The number of aryl methyl sites for hydroxylation is 2. The van der Waals surface area contributed by atoms with Crippen molar-refractivity contribution in [2.75, 3.05) is 7.11 Å². The fraction of sp³-hybridized carbons (Fsp3) is 0.250. The van der Waals surface area contributed by atoms with Crippen LogP contribution in [0.15, 0.2) is 64.1 Å². The second kappa shape index (κ2) is 8.55. The number of pyridine rings is 1. The van der Waals surface area contributed by atoms with Crippen LogP contribution in [0.2, 0.25) is 0 Å². The highest BCUT2D eigenvalue weighted by Crippen LogP contribution is 2.32. The molecule has 0 spiro atoms. The lowest BCUT2D eigenvalue weighted by Gasteiger charge is -2.18. The molecule has 0 aliphatic heterocycles. The van der Waals surface area contributed by atoms with Gasteiger partial charge >= 0.3 is 5.97 Å². The zero-order valence-electron chi connectivity index (χ0n) is 17.4. The van der Waals surface area contributed by atoms with E-state index in [1.165, 1.54) is 13.4 Å². The van der Waals surface area contributed by atoms with Crippen LogP contribution in [0.4, 0.5) is 0 Å². The molecule has 0 fully saturated rings. The fourth-order valence-corrected chi connectivity index (χ4v) is 4.03. The Kier molecular flexibility index (Phi) is 5.66. The maximum atomic E-state index is 13.4. The Morgan fingerprint density at radius 3 is 2.81 bits per heavy atom. The summed E-state index contributed by atoms with van der Waals surface area (Å²) >= 11 is 0. The third-order valence-corrected chi connectivity index (χ3v) is 5.64. The van der Waals surface area contributed by atoms with Gasteiger partial charge in [0.25, 0.3) is 5.56 Å². The molecule has 4 rings (SSSR count). The molecule has 0 saturated carbocycles. The number of rotatable bonds is 7. The normalized spacial score (nSPS) is 12.2. The summed E-state index contributed by atoms with van der Waals surface area (Å²) < 4.78 is 11.9. The van der Waals surface area contributed by atoms with Gasteiger partial charge in [0.15, 0.2) is 0 Å². The van der Waals surface area contributed by atoms with Crippen molar-refractivity contribution in [3.8, 4) is 5.75 Å². The summed E-state index contributed by atoms with van der Waals surface area (Å²) in [6, 6.07) is 12.9. The summed E-state index contributed by atoms with van der Waals surface area (Å²) in [5.74, 6) is -0.970. The summed E-state index contributed by atoms with van der Waals surface area (Å²) in [7, 11) is 1.29. The van der Waals surface area contributed by atoms with Gasteiger partial charge in [-0.2, -0.15) is 0 Å². The van der Waals surface area contributed by atoms with Crippen LogP contribution >= 0.6 is 0 Å². The van der Waals surface area contributed by atoms with Gasteiger partial charge in [-0.3, -0.25) is 9.59 Å². The standard InChI is InChI=1S/C24H24N2O5/c1-15-12-20(27)23(18(13-22(28)30-2)21-8-5-11-31-21)24(29)26(15)10-9-16-14-25-19-7-4-3-6-17(16)19/h3-8,11-12,14,18,25,27H,9-10,13H2,1-2H3/t18-/m1/s1. The largest absolute Gasteiger partial charge is 0.507 e. The summed E-state index contributed by atoms with van der Waals surface area (Å²) in [6.45, 7) is 2.21. The van der Waals surface area contributed by atoms with Crippen LogP contribution in [0, 0.1) is 6.92 Å². The molecule has 2 N–H and O–H groups in total. The third kappa shape index (κ3) is 3.99. The number of nitrogens with one attached hydrogen (secondary N) is 1. The molecule has 0 amide bonds. The minimum Gasteiger partial charge on any atom is -0.507 e. The average Bonchev–Trinajstić information content (AvgIpc) is 3.43. The van der Waals surface area contributed by atoms with Crippen molar-refractivity contribution in [3.63, 3.8) is 0 Å². The Hall–Kier alpha value is -3.74. The molecule has 7 heteroatoms. The number of aromatic amines is 1. The van der Waals surface area contributed by atoms with E-state index in [1.807, 2.05) is 30.5 Å². The van der Waals surface area contributed by atoms with Crippen LogP contribution in [0.5, 0.6) is 5.75 Å². The first kappa shape index (κ1) is 20.5. The number of hydrogen-bond acceptors (Lipinski definition) is 5. The highest BCUT2D eigenvalue weighted by Gasteiger charge is 2.28. The number of ether oxygens (including phenoxy) is 1. The maximum Gasteiger partial charge on any atom is 0.306 e. The lowest BCUT2D eigenvalue weighted by Crippen LogP contribution is -2.29. The number of esters is 1. The van der Waals surface area contributed by atoms with Crippen LogP contribution in [0.1, 0.15) is 34.9 Å². The molecule has 31 heavy (non-hydrogen) atoms. The number of aromatic hydroxyl groups is 1. The van der Waals surface area contributed by atoms with Crippen LogP contribution in [0.3, 0.4) is 0 Å². The lowest BCUT2D eigenvalue weighted by atomic mass is 9.93. The molecule has 1 aromatic carbocycles. The zero-order chi connectivity index (χ0) is 22.0. The van der Waals surface area contributed by atoms with E-state index >= 15 is 0 Å². The first-order valence-corrected chi connectivity index (χ1v) is 10.1. The summed E-state index contributed by atoms with van der Waals surface area (Å²) in [4.78, 5) is 28.7. The van der Waals surface area contributed by atoms with Gasteiger partial charge in [0, 0.05) is 29.3 Å². The van der Waals surface area contributed by atoms with Gasteiger partial charge in [0.05, 0.1) is 31.3 Å². The molecule has 0 aliphatic rings. The molecule has 0 saturated heterocycles. The number of carbonyl (C=O) groups is 1. The number of aromatic nitrogens is 2. The van der Waals surface area contributed by atoms with Crippen LogP contribution in [-0.4, -0.2) is 27.7 Å². The number of H-pyrrole nitrogens is 1. The lowest BCUT2D eigenvalue weighted by molar-refractivity contribution is -0.140. The van der Waals surface area contributed by atoms with Crippen molar-refractivity contribution in [3.05, 3.63) is 87.9 Å². The Balaban J connectivity index is 1.72. The molecule has 4 aromatic rings. The predicted octanol–water partition coefficient (Wildman–Crippen LogP) is 3.87. The SMILES string of the molecule is COC(=O)C[C@H](c1ccco1)c1c(O)cc(C)n(CCc2c[nH]c3ccccc23)c1=O. The van der Waals surface area contributed by atoms with Gasteiger partial charge in [0.2, 0.25) is 0 Å². The van der Waals surface area contributed by atoms with E-state index in [-0.39, 0.29) is 23.3 Å². The molecule has 3 aromatic heterocycles. The minimum absolute atomic E-state index is 0.113. The Morgan fingerprint density at radius 2 is 2.06 bits per heavy atom. The topological polar surface area (TPSA) is 97.5 Å². The van der Waals surface area contributed by atoms with Crippen molar-refractivity contribution in [1.82, 2.24) is 9.55 Å². The Bertz CT molecular complexity index is 1270. The van der Waals surface area contributed by atoms with E-state index in [4.69, 9.17) is 9.15 Å².